The van der Waals surface area contributed by atoms with E-state index in [-0.39, 0.29) is 17.7 Å². The monoisotopic (exact) mass is 506 g/mol. The van der Waals surface area contributed by atoms with Gasteiger partial charge in [0.2, 0.25) is 0 Å². The number of nitrogens with zero attached hydrogens (tertiary/aromatic N) is 1. The van der Waals surface area contributed by atoms with Gasteiger partial charge in [-0.3, -0.25) is 4.79 Å². The average Bonchev–Trinajstić information content (AvgIpc) is 3.46. The van der Waals surface area contributed by atoms with E-state index in [2.05, 4.69) is 40.5 Å². The SMILES string of the molecule is COc1ccc(CN2c3ccccc3NC3=C(C(=O)C[C@@H](c4ccco4)C3)[C@H]2c2ccccc2OC)cc1. The number of ketones is 1. The standard InChI is InChI=1S/C32H30N2O4/c1-36-23-15-13-21(14-16-23)20-34-27-10-5-4-9-25(27)33-26-18-22(29-12-7-17-38-29)19-28(35)31(26)32(34)24-8-3-6-11-30(24)37-2/h3-17,22,32-33H,18-20H2,1-2H3/t22-,32+/m0/s1. The maximum Gasteiger partial charge on any atom is 0.163 e. The third kappa shape index (κ3) is 4.32. The maximum atomic E-state index is 14.1. The Hall–Kier alpha value is -4.45. The molecular weight excluding hydrogens is 476 g/mol. The third-order valence-electron chi connectivity index (χ3n) is 7.48. The molecule has 192 valence electrons. The molecular formula is C32H30N2O4. The first-order chi connectivity index (χ1) is 18.7. The first kappa shape index (κ1) is 23.9. The highest BCUT2D eigenvalue weighted by atomic mass is 16.5. The van der Waals surface area contributed by atoms with Gasteiger partial charge in [0.15, 0.2) is 5.78 Å². The average molecular weight is 507 g/mol. The van der Waals surface area contributed by atoms with Gasteiger partial charge in [-0.05, 0) is 54.4 Å². The molecule has 1 aliphatic heterocycles. The lowest BCUT2D eigenvalue weighted by Gasteiger charge is -2.37. The molecule has 1 N–H and O–H groups in total. The summed E-state index contributed by atoms with van der Waals surface area (Å²) in [5, 5.41) is 3.67. The van der Waals surface area contributed by atoms with Crippen LogP contribution in [0, 0.1) is 0 Å². The second-order valence-electron chi connectivity index (χ2n) is 9.70. The highest BCUT2D eigenvalue weighted by Gasteiger charge is 2.41. The second-order valence-corrected chi connectivity index (χ2v) is 9.70. The topological polar surface area (TPSA) is 63.9 Å². The van der Waals surface area contributed by atoms with Gasteiger partial charge in [-0.1, -0.05) is 42.5 Å². The molecule has 0 radical (unpaired) electrons. The van der Waals surface area contributed by atoms with E-state index >= 15 is 0 Å². The van der Waals surface area contributed by atoms with Crippen LogP contribution in [0.4, 0.5) is 11.4 Å². The van der Waals surface area contributed by atoms with Crippen LogP contribution in [-0.2, 0) is 11.3 Å². The van der Waals surface area contributed by atoms with E-state index in [0.29, 0.717) is 19.4 Å². The number of anilines is 2. The van der Waals surface area contributed by atoms with Gasteiger partial charge in [0.25, 0.3) is 0 Å². The number of ether oxygens (including phenoxy) is 2. The zero-order valence-corrected chi connectivity index (χ0v) is 21.5. The number of hydrogen-bond acceptors (Lipinski definition) is 6. The van der Waals surface area contributed by atoms with Crippen molar-refractivity contribution in [2.45, 2.75) is 31.3 Å². The number of Topliss-reactive ketones (excluding diaryl/α,β-unsaturated/α-hetero) is 1. The summed E-state index contributed by atoms with van der Waals surface area (Å²) < 4.78 is 16.9. The molecule has 1 aliphatic carbocycles. The van der Waals surface area contributed by atoms with Gasteiger partial charge in [-0.2, -0.15) is 0 Å². The summed E-state index contributed by atoms with van der Waals surface area (Å²) in [5.74, 6) is 2.51. The van der Waals surface area contributed by atoms with Crippen molar-refractivity contribution >= 4 is 17.2 Å². The van der Waals surface area contributed by atoms with E-state index in [4.69, 9.17) is 13.9 Å². The molecule has 0 unspecified atom stereocenters. The second kappa shape index (κ2) is 10.1. The lowest BCUT2D eigenvalue weighted by molar-refractivity contribution is -0.116. The fraction of sp³-hybridized carbons (Fsp3) is 0.219. The molecule has 0 saturated carbocycles. The van der Waals surface area contributed by atoms with Crippen LogP contribution in [0.5, 0.6) is 11.5 Å². The van der Waals surface area contributed by atoms with Gasteiger partial charge in [0.1, 0.15) is 17.3 Å². The summed E-state index contributed by atoms with van der Waals surface area (Å²) in [6, 6.07) is 27.8. The van der Waals surface area contributed by atoms with E-state index < -0.39 is 0 Å². The summed E-state index contributed by atoms with van der Waals surface area (Å²) >= 11 is 0. The summed E-state index contributed by atoms with van der Waals surface area (Å²) in [7, 11) is 3.35. The van der Waals surface area contributed by atoms with E-state index in [1.807, 2.05) is 54.6 Å². The number of methoxy groups -OCH3 is 2. The summed E-state index contributed by atoms with van der Waals surface area (Å²) in [4.78, 5) is 16.4. The van der Waals surface area contributed by atoms with Crippen molar-refractivity contribution in [2.24, 2.45) is 0 Å². The van der Waals surface area contributed by atoms with E-state index in [1.165, 1.54) is 0 Å². The Morgan fingerprint density at radius 1 is 0.895 bits per heavy atom. The molecule has 2 heterocycles. The third-order valence-corrected chi connectivity index (χ3v) is 7.48. The molecule has 6 nitrogen and oxygen atoms in total. The van der Waals surface area contributed by atoms with Crippen LogP contribution < -0.4 is 19.7 Å². The Labute approximate surface area is 222 Å². The van der Waals surface area contributed by atoms with Gasteiger partial charge >= 0.3 is 0 Å². The number of furan rings is 1. The predicted molar refractivity (Wildman–Crippen MR) is 148 cm³/mol. The normalized spacial score (nSPS) is 18.8. The molecule has 6 rings (SSSR count). The van der Waals surface area contributed by atoms with Gasteiger partial charge in [0.05, 0.1) is 37.9 Å². The fourth-order valence-electron chi connectivity index (χ4n) is 5.70. The van der Waals surface area contributed by atoms with E-state index in [1.54, 1.807) is 20.5 Å². The number of allylic oxidation sites excluding steroid dienone is 1. The first-order valence-electron chi connectivity index (χ1n) is 12.8. The predicted octanol–water partition coefficient (Wildman–Crippen LogP) is 6.87. The first-order valence-corrected chi connectivity index (χ1v) is 12.8. The van der Waals surface area contributed by atoms with Crippen molar-refractivity contribution in [1.82, 2.24) is 0 Å². The number of fused-ring (bicyclic) bond motifs is 1. The minimum Gasteiger partial charge on any atom is -0.497 e. The van der Waals surface area contributed by atoms with E-state index in [0.717, 1.165) is 51.0 Å². The highest BCUT2D eigenvalue weighted by Crippen LogP contribution is 2.49. The molecule has 0 saturated heterocycles. The number of carbonyl (C=O) groups excluding carboxylic acids is 1. The quantitative estimate of drug-likeness (QED) is 0.308. The number of rotatable bonds is 6. The minimum absolute atomic E-state index is 0.0117. The Morgan fingerprint density at radius 2 is 1.68 bits per heavy atom. The summed E-state index contributed by atoms with van der Waals surface area (Å²) in [6.45, 7) is 0.594. The van der Waals surface area contributed by atoms with Crippen molar-refractivity contribution < 1.29 is 18.7 Å². The zero-order chi connectivity index (χ0) is 26.1. The van der Waals surface area contributed by atoms with Crippen molar-refractivity contribution in [1.29, 1.82) is 0 Å². The minimum atomic E-state index is -0.343. The van der Waals surface area contributed by atoms with Crippen LogP contribution in [0.1, 0.15) is 41.7 Å². The molecule has 0 bridgehead atoms. The number of nitrogens with one attached hydrogen (secondary N) is 1. The molecule has 0 fully saturated rings. The largest absolute Gasteiger partial charge is 0.497 e. The number of benzene rings is 3. The van der Waals surface area contributed by atoms with Gasteiger partial charge in [0, 0.05) is 35.7 Å². The van der Waals surface area contributed by atoms with E-state index in [9.17, 15) is 4.79 Å². The fourth-order valence-corrected chi connectivity index (χ4v) is 5.70. The Bertz CT molecular complexity index is 1470. The zero-order valence-electron chi connectivity index (χ0n) is 21.5. The molecule has 3 aromatic carbocycles. The van der Waals surface area contributed by atoms with Crippen LogP contribution in [0.2, 0.25) is 0 Å². The lowest BCUT2D eigenvalue weighted by Crippen LogP contribution is -2.34. The maximum absolute atomic E-state index is 14.1. The molecule has 1 aromatic heterocycles. The van der Waals surface area contributed by atoms with Crippen LogP contribution in [0.15, 0.2) is 107 Å². The van der Waals surface area contributed by atoms with Crippen LogP contribution in [0.25, 0.3) is 0 Å². The van der Waals surface area contributed by atoms with Crippen molar-refractivity contribution in [3.63, 3.8) is 0 Å². The van der Waals surface area contributed by atoms with Crippen LogP contribution in [-0.4, -0.2) is 20.0 Å². The molecule has 2 atom stereocenters. The lowest BCUT2D eigenvalue weighted by atomic mass is 9.79. The molecule has 6 heteroatoms. The molecule has 4 aromatic rings. The van der Waals surface area contributed by atoms with Crippen LogP contribution >= 0.6 is 0 Å². The summed E-state index contributed by atoms with van der Waals surface area (Å²) in [5.41, 5.74) is 5.78. The van der Waals surface area contributed by atoms with Gasteiger partial charge < -0.3 is 24.1 Å². The number of carbonyl (C=O) groups is 1. The summed E-state index contributed by atoms with van der Waals surface area (Å²) in [6.07, 6.45) is 2.76. The highest BCUT2D eigenvalue weighted by molar-refractivity contribution is 6.01. The number of para-hydroxylation sites is 3. The smallest absolute Gasteiger partial charge is 0.163 e. The molecule has 38 heavy (non-hydrogen) atoms. The molecule has 0 spiro atoms. The van der Waals surface area contributed by atoms with Crippen molar-refractivity contribution in [3.8, 4) is 11.5 Å². The van der Waals surface area contributed by atoms with Crippen LogP contribution in [0.3, 0.4) is 0 Å². The molecule has 0 amide bonds. The molecule has 2 aliphatic rings. The van der Waals surface area contributed by atoms with Gasteiger partial charge in [-0.25, -0.2) is 0 Å². The van der Waals surface area contributed by atoms with Crippen molar-refractivity contribution in [3.05, 3.63) is 119 Å². The Morgan fingerprint density at radius 3 is 2.45 bits per heavy atom. The Kier molecular flexibility index (Phi) is 6.38. The van der Waals surface area contributed by atoms with Gasteiger partial charge in [-0.15, -0.1) is 0 Å². The number of hydrogen-bond donors (Lipinski definition) is 1. The Balaban J connectivity index is 1.54. The van der Waals surface area contributed by atoms with Crippen molar-refractivity contribution in [2.75, 3.05) is 24.4 Å².